The third-order valence-corrected chi connectivity index (χ3v) is 25.3. The minimum absolute atomic E-state index is 1.11. The maximum absolute atomic E-state index is 2.37. The van der Waals surface area contributed by atoms with Crippen molar-refractivity contribution in [2.45, 2.75) is 205 Å². The summed E-state index contributed by atoms with van der Waals surface area (Å²) in [6.07, 6.45) is 6.67. The van der Waals surface area contributed by atoms with Gasteiger partial charge in [-0.3, -0.25) is 0 Å². The zero-order valence-electron chi connectivity index (χ0n) is 66.1. The maximum Gasteiger partial charge on any atom is -0.000809 e. The van der Waals surface area contributed by atoms with E-state index in [9.17, 15) is 0 Å². The Bertz CT molecular complexity index is 5450. The maximum atomic E-state index is 2.37. The van der Waals surface area contributed by atoms with Crippen molar-refractivity contribution in [3.63, 3.8) is 0 Å². The summed E-state index contributed by atoms with van der Waals surface area (Å²) in [7, 11) is 0. The molecule has 0 amide bonds. The molecule has 0 radical (unpaired) electrons. The van der Waals surface area contributed by atoms with E-state index in [-0.39, 0.29) is 0 Å². The first-order chi connectivity index (χ1) is 48.5. The third kappa shape index (κ3) is 12.7. The second-order valence-corrected chi connectivity index (χ2v) is 31.7. The Kier molecular flexibility index (Phi) is 19.3. The van der Waals surface area contributed by atoms with E-state index in [4.69, 9.17) is 0 Å². The van der Waals surface area contributed by atoms with Gasteiger partial charge in [-0.15, -0.1) is 0 Å². The number of hydrogen-bond donors (Lipinski definition) is 0. The van der Waals surface area contributed by atoms with Crippen LogP contribution < -0.4 is 0 Å². The van der Waals surface area contributed by atoms with Crippen LogP contribution in [0.2, 0.25) is 0 Å². The van der Waals surface area contributed by atoms with Crippen molar-refractivity contribution in [1.82, 2.24) is 0 Å². The first kappa shape index (κ1) is 71.1. The third-order valence-electron chi connectivity index (χ3n) is 25.3. The molecule has 0 aromatic heterocycles. The normalized spacial score (nSPS) is 12.5. The van der Waals surface area contributed by atoms with Crippen molar-refractivity contribution in [3.05, 3.63) is 346 Å². The lowest BCUT2D eigenvalue weighted by molar-refractivity contribution is 1.15. The molecule has 0 nitrogen and oxygen atoms in total. The van der Waals surface area contributed by atoms with Crippen molar-refractivity contribution in [3.8, 4) is 66.8 Å². The molecular weight excluding hydrogens is 1230 g/mol. The molecule has 0 unspecified atom stereocenters. The Morgan fingerprint density at radius 1 is 0.157 bits per heavy atom. The summed E-state index contributed by atoms with van der Waals surface area (Å²) < 4.78 is 0. The molecule has 0 spiro atoms. The average molecular weight is 1330 g/mol. The summed E-state index contributed by atoms with van der Waals surface area (Å²) in [5, 5.41) is 0. The SMILES string of the molecule is Cc1cc(C)c2c(c1C)Cc1cccc(C)c1-2.Cc1cc2c(c(C)c1C)Cc1c(C)cccc1-2.Cc1cc2c(c(C)c1C)Cc1cccc(C)c1-2.Cc1ccc2c(c1)-c1c(C)cc(C)c(C)c1C2.Cc1ccc2c(c1)-c1cc(C)c(C)c(C)c1C2.Cc1ccc2c(c1)Cc1c-2cc(C)c(C)c1C. The molecule has 12 aromatic rings. The number of fused-ring (bicyclic) bond motifs is 18. The molecule has 6 aliphatic carbocycles. The van der Waals surface area contributed by atoms with Gasteiger partial charge in [-0.05, 0) is 455 Å². The number of rotatable bonds is 0. The fraction of sp³-hybridized carbons (Fsp3) is 0.294. The van der Waals surface area contributed by atoms with Gasteiger partial charge < -0.3 is 0 Å². The van der Waals surface area contributed by atoms with E-state index in [1.54, 1.807) is 11.1 Å². The van der Waals surface area contributed by atoms with Crippen LogP contribution in [0, 0.1) is 166 Å². The van der Waals surface area contributed by atoms with Crippen molar-refractivity contribution >= 4 is 0 Å². The largest absolute Gasteiger partial charge is 0.0617 e. The van der Waals surface area contributed by atoms with E-state index in [1.165, 1.54) is 256 Å². The van der Waals surface area contributed by atoms with E-state index in [0.717, 1.165) is 38.5 Å². The zero-order valence-corrected chi connectivity index (χ0v) is 66.1. The number of aryl methyl sites for hydroxylation is 14. The Balaban J connectivity index is 0.000000109. The molecular formula is C102H108. The van der Waals surface area contributed by atoms with E-state index in [2.05, 4.69) is 312 Å². The minimum atomic E-state index is 1.11. The first-order valence-corrected chi connectivity index (χ1v) is 37.7. The van der Waals surface area contributed by atoms with Crippen LogP contribution in [0.4, 0.5) is 0 Å². The van der Waals surface area contributed by atoms with Gasteiger partial charge in [-0.1, -0.05) is 162 Å². The van der Waals surface area contributed by atoms with Crippen LogP contribution in [0.3, 0.4) is 0 Å². The highest BCUT2D eigenvalue weighted by Crippen LogP contribution is 2.48. The van der Waals surface area contributed by atoms with Gasteiger partial charge in [0, 0.05) is 0 Å². The lowest BCUT2D eigenvalue weighted by Gasteiger charge is -2.12. The molecule has 0 fully saturated rings. The van der Waals surface area contributed by atoms with Gasteiger partial charge in [0.2, 0.25) is 0 Å². The molecule has 18 rings (SSSR count). The molecule has 6 aliphatic rings. The molecule has 102 heavy (non-hydrogen) atoms. The van der Waals surface area contributed by atoms with Crippen molar-refractivity contribution < 1.29 is 0 Å². The molecule has 0 bridgehead atoms. The van der Waals surface area contributed by atoms with Crippen molar-refractivity contribution in [2.75, 3.05) is 0 Å². The first-order valence-electron chi connectivity index (χ1n) is 37.7. The highest BCUT2D eigenvalue weighted by atomic mass is 14.3. The van der Waals surface area contributed by atoms with Crippen LogP contribution in [0.25, 0.3) is 66.8 Å². The molecule has 0 N–H and O–H groups in total. The fourth-order valence-corrected chi connectivity index (χ4v) is 18.0. The van der Waals surface area contributed by atoms with E-state index < -0.39 is 0 Å². The van der Waals surface area contributed by atoms with E-state index in [1.807, 2.05) is 0 Å². The molecule has 0 aliphatic heterocycles. The van der Waals surface area contributed by atoms with Gasteiger partial charge in [-0.25, -0.2) is 0 Å². The molecule has 516 valence electrons. The highest BCUT2D eigenvalue weighted by molar-refractivity contribution is 5.87. The van der Waals surface area contributed by atoms with E-state index >= 15 is 0 Å². The summed E-state index contributed by atoms with van der Waals surface area (Å²) in [5.74, 6) is 0. The smallest absolute Gasteiger partial charge is 0.000809 e. The van der Waals surface area contributed by atoms with Gasteiger partial charge >= 0.3 is 0 Å². The highest BCUT2D eigenvalue weighted by Gasteiger charge is 2.29. The number of hydrogen-bond acceptors (Lipinski definition) is 0. The van der Waals surface area contributed by atoms with Crippen LogP contribution in [0.1, 0.15) is 200 Å². The fourth-order valence-electron chi connectivity index (χ4n) is 18.0. The minimum Gasteiger partial charge on any atom is -0.0617 e. The summed E-state index contributed by atoms with van der Waals surface area (Å²) in [6.45, 7) is 53.5. The molecule has 0 saturated heterocycles. The quantitative estimate of drug-likeness (QED) is 0.142. The Morgan fingerprint density at radius 2 is 0.520 bits per heavy atom. The Hall–Kier alpha value is -9.36. The lowest BCUT2D eigenvalue weighted by atomic mass is 9.92. The topological polar surface area (TPSA) is 0 Å². The van der Waals surface area contributed by atoms with Crippen LogP contribution >= 0.6 is 0 Å². The summed E-state index contributed by atoms with van der Waals surface area (Å²) in [6, 6.07) is 54.6. The molecule has 0 heterocycles. The average Bonchev–Trinajstić information content (AvgIpc) is 1.63. The molecule has 0 atom stereocenters. The standard InChI is InChI=1S/6C17H18/c1-10-5-6-15-14(7-10)9-16-13(4)12(3)11(2)8-17(15)16;1-10-5-6-14-9-15-13(4)12(3)11(2)8-17(15)16(14)7-10;1-10-5-6-14-9-15-13(4)11(2)8-12(3)17(15)16(14)7-10;1-10-6-5-7-14-15(10)9-16-13(4)12(3)11(2)8-17(14)16;1-10-6-5-7-14-9-15-13(4)12(3)11(2)8-16(15)17(10)14;1-10-6-5-7-14-9-15-13(4)11(2)8-12(3)17(15)16(10)14/h6*5-8H,9H2,1-4H3. The van der Waals surface area contributed by atoms with Crippen molar-refractivity contribution in [1.29, 1.82) is 0 Å². The molecule has 0 saturated carbocycles. The van der Waals surface area contributed by atoms with Crippen LogP contribution in [0.5, 0.6) is 0 Å². The Labute approximate surface area is 613 Å². The monoisotopic (exact) mass is 1330 g/mol. The molecule has 0 heteroatoms. The van der Waals surface area contributed by atoms with Crippen LogP contribution in [-0.2, 0) is 38.5 Å². The van der Waals surface area contributed by atoms with Gasteiger partial charge in [0.05, 0.1) is 0 Å². The summed E-state index contributed by atoms with van der Waals surface area (Å²) in [5.41, 5.74) is 70.2. The van der Waals surface area contributed by atoms with Gasteiger partial charge in [0.15, 0.2) is 0 Å². The van der Waals surface area contributed by atoms with E-state index in [0.29, 0.717) is 0 Å². The number of benzene rings is 12. The van der Waals surface area contributed by atoms with Crippen LogP contribution in [0.15, 0.2) is 146 Å². The second kappa shape index (κ2) is 27.8. The predicted molar refractivity (Wildman–Crippen MR) is 442 cm³/mol. The zero-order chi connectivity index (χ0) is 72.9. The summed E-state index contributed by atoms with van der Waals surface area (Å²) >= 11 is 0. The molecule has 12 aromatic carbocycles. The van der Waals surface area contributed by atoms with Gasteiger partial charge in [0.1, 0.15) is 0 Å². The summed E-state index contributed by atoms with van der Waals surface area (Å²) in [4.78, 5) is 0. The van der Waals surface area contributed by atoms with Crippen molar-refractivity contribution in [2.24, 2.45) is 0 Å². The van der Waals surface area contributed by atoms with Gasteiger partial charge in [0.25, 0.3) is 0 Å². The van der Waals surface area contributed by atoms with Crippen LogP contribution in [-0.4, -0.2) is 0 Å². The predicted octanol–water partition coefficient (Wildman–Crippen LogP) is 26.9. The second-order valence-electron chi connectivity index (χ2n) is 31.7. The van der Waals surface area contributed by atoms with Gasteiger partial charge in [-0.2, -0.15) is 0 Å². The Morgan fingerprint density at radius 3 is 1.08 bits per heavy atom. The lowest BCUT2D eigenvalue weighted by Crippen LogP contribution is -1.93.